The molecule has 1 N–H and O–H groups in total. The van der Waals surface area contributed by atoms with Crippen molar-refractivity contribution in [3.63, 3.8) is 0 Å². The van der Waals surface area contributed by atoms with E-state index in [-0.39, 0.29) is 6.10 Å². The van der Waals surface area contributed by atoms with Crippen LogP contribution in [-0.2, 0) is 0 Å². The van der Waals surface area contributed by atoms with Crippen LogP contribution in [0.1, 0.15) is 6.42 Å². The van der Waals surface area contributed by atoms with Crippen LogP contribution in [0.15, 0.2) is 36.5 Å². The van der Waals surface area contributed by atoms with E-state index in [0.717, 1.165) is 30.2 Å². The fourth-order valence-corrected chi connectivity index (χ4v) is 2.09. The number of β-amino-alcohol motifs (C(OH)–C–C–N with tert-alkyl or cyclic N) is 1. The van der Waals surface area contributed by atoms with Crippen LogP contribution in [0.2, 0.25) is 0 Å². The smallest absolute Gasteiger partial charge is 0.151 e. The first-order valence-corrected chi connectivity index (χ1v) is 6.01. The number of aliphatic hydroxyl groups is 1. The molecule has 1 aliphatic rings. The van der Waals surface area contributed by atoms with Crippen LogP contribution < -0.4 is 4.90 Å². The summed E-state index contributed by atoms with van der Waals surface area (Å²) in [5.41, 5.74) is 1.58. The standard InChI is InChI=1S/C13H14N4O/c18-10-6-8-17(9-10)13-5-4-12(15-16-13)11-3-1-2-7-14-11/h1-5,7,10,18H,6,8-9H2. The van der Waals surface area contributed by atoms with Crippen molar-refractivity contribution in [2.45, 2.75) is 12.5 Å². The van der Waals surface area contributed by atoms with Crippen molar-refractivity contribution in [2.24, 2.45) is 0 Å². The summed E-state index contributed by atoms with van der Waals surface area (Å²) in [6.45, 7) is 1.47. The summed E-state index contributed by atoms with van der Waals surface area (Å²) in [6, 6.07) is 9.54. The van der Waals surface area contributed by atoms with Gasteiger partial charge in [-0.15, -0.1) is 10.2 Å². The Hall–Kier alpha value is -2.01. The van der Waals surface area contributed by atoms with Crippen molar-refractivity contribution in [1.82, 2.24) is 15.2 Å². The molecule has 5 heteroatoms. The molecule has 3 rings (SSSR count). The van der Waals surface area contributed by atoms with Gasteiger partial charge in [-0.1, -0.05) is 6.07 Å². The number of hydrogen-bond donors (Lipinski definition) is 1. The average Bonchev–Trinajstić information content (AvgIpc) is 2.87. The van der Waals surface area contributed by atoms with Crippen LogP contribution in [0.4, 0.5) is 5.82 Å². The SMILES string of the molecule is OC1CCN(c2ccc(-c3ccccn3)nn2)C1. The number of pyridine rings is 1. The molecule has 1 fully saturated rings. The van der Waals surface area contributed by atoms with E-state index in [9.17, 15) is 5.11 Å². The minimum atomic E-state index is -0.248. The highest BCUT2D eigenvalue weighted by Gasteiger charge is 2.21. The molecule has 0 saturated carbocycles. The van der Waals surface area contributed by atoms with Crippen molar-refractivity contribution in [3.8, 4) is 11.4 Å². The van der Waals surface area contributed by atoms with E-state index >= 15 is 0 Å². The summed E-state index contributed by atoms with van der Waals surface area (Å²) in [4.78, 5) is 6.27. The van der Waals surface area contributed by atoms with Gasteiger partial charge < -0.3 is 10.0 Å². The molecule has 1 aliphatic heterocycles. The fraction of sp³-hybridized carbons (Fsp3) is 0.308. The Bertz CT molecular complexity index is 514. The Morgan fingerprint density at radius 1 is 1.11 bits per heavy atom. The van der Waals surface area contributed by atoms with E-state index < -0.39 is 0 Å². The summed E-state index contributed by atoms with van der Waals surface area (Å²) in [5.74, 6) is 0.811. The van der Waals surface area contributed by atoms with Crippen molar-refractivity contribution >= 4 is 5.82 Å². The van der Waals surface area contributed by atoms with Gasteiger partial charge in [0.25, 0.3) is 0 Å². The Kier molecular flexibility index (Phi) is 2.90. The maximum Gasteiger partial charge on any atom is 0.151 e. The zero-order valence-electron chi connectivity index (χ0n) is 9.90. The minimum absolute atomic E-state index is 0.248. The zero-order valence-corrected chi connectivity index (χ0v) is 9.90. The van der Waals surface area contributed by atoms with Crippen molar-refractivity contribution in [1.29, 1.82) is 0 Å². The van der Waals surface area contributed by atoms with E-state index in [4.69, 9.17) is 0 Å². The largest absolute Gasteiger partial charge is 0.391 e. The molecule has 3 heterocycles. The molecule has 5 nitrogen and oxygen atoms in total. The predicted molar refractivity (Wildman–Crippen MR) is 68.1 cm³/mol. The molecule has 1 unspecified atom stereocenters. The topological polar surface area (TPSA) is 62.1 Å². The average molecular weight is 242 g/mol. The maximum atomic E-state index is 9.49. The van der Waals surface area contributed by atoms with Gasteiger partial charge in [0.1, 0.15) is 5.69 Å². The van der Waals surface area contributed by atoms with Gasteiger partial charge in [0, 0.05) is 19.3 Å². The lowest BCUT2D eigenvalue weighted by atomic mass is 10.2. The van der Waals surface area contributed by atoms with E-state index in [1.807, 2.05) is 35.2 Å². The van der Waals surface area contributed by atoms with Crippen LogP contribution in [0.25, 0.3) is 11.4 Å². The van der Waals surface area contributed by atoms with Crippen LogP contribution in [-0.4, -0.2) is 39.5 Å². The monoisotopic (exact) mass is 242 g/mol. The van der Waals surface area contributed by atoms with Crippen molar-refractivity contribution in [3.05, 3.63) is 36.5 Å². The lowest BCUT2D eigenvalue weighted by Gasteiger charge is -2.15. The second-order valence-electron chi connectivity index (χ2n) is 4.38. The molecular weight excluding hydrogens is 228 g/mol. The number of aliphatic hydroxyl groups excluding tert-OH is 1. The van der Waals surface area contributed by atoms with Crippen LogP contribution in [0.3, 0.4) is 0 Å². The van der Waals surface area contributed by atoms with Gasteiger partial charge in [-0.3, -0.25) is 4.98 Å². The summed E-state index contributed by atoms with van der Waals surface area (Å²) < 4.78 is 0. The second-order valence-corrected chi connectivity index (χ2v) is 4.38. The van der Waals surface area contributed by atoms with Crippen molar-refractivity contribution in [2.75, 3.05) is 18.0 Å². The van der Waals surface area contributed by atoms with E-state index in [1.54, 1.807) is 6.20 Å². The first-order chi connectivity index (χ1) is 8.83. The fourth-order valence-electron chi connectivity index (χ4n) is 2.09. The zero-order chi connectivity index (χ0) is 12.4. The highest BCUT2D eigenvalue weighted by atomic mass is 16.3. The number of hydrogen-bond acceptors (Lipinski definition) is 5. The molecule has 0 spiro atoms. The Morgan fingerprint density at radius 3 is 2.67 bits per heavy atom. The summed E-state index contributed by atoms with van der Waals surface area (Å²) in [6.07, 6.45) is 2.29. The molecule has 2 aromatic heterocycles. The third kappa shape index (κ3) is 2.17. The molecular formula is C13H14N4O. The van der Waals surface area contributed by atoms with Gasteiger partial charge in [0.05, 0.1) is 11.8 Å². The summed E-state index contributed by atoms with van der Waals surface area (Å²) in [5, 5.41) is 17.9. The molecule has 0 radical (unpaired) electrons. The van der Waals surface area contributed by atoms with Gasteiger partial charge >= 0.3 is 0 Å². The summed E-state index contributed by atoms with van der Waals surface area (Å²) in [7, 11) is 0. The normalized spacial score (nSPS) is 19.2. The van der Waals surface area contributed by atoms with Crippen LogP contribution in [0.5, 0.6) is 0 Å². The Labute approximate surface area is 105 Å². The third-order valence-electron chi connectivity index (χ3n) is 3.07. The Balaban J connectivity index is 1.81. The third-order valence-corrected chi connectivity index (χ3v) is 3.07. The molecule has 18 heavy (non-hydrogen) atoms. The van der Waals surface area contributed by atoms with E-state index in [1.165, 1.54) is 0 Å². The number of rotatable bonds is 2. The second kappa shape index (κ2) is 4.70. The van der Waals surface area contributed by atoms with Gasteiger partial charge in [-0.05, 0) is 30.7 Å². The van der Waals surface area contributed by atoms with Crippen LogP contribution in [0, 0.1) is 0 Å². The van der Waals surface area contributed by atoms with E-state index in [2.05, 4.69) is 15.2 Å². The molecule has 1 atom stereocenters. The number of anilines is 1. The molecule has 0 aliphatic carbocycles. The van der Waals surface area contributed by atoms with E-state index in [0.29, 0.717) is 6.54 Å². The predicted octanol–water partition coefficient (Wildman–Crippen LogP) is 1.11. The lowest BCUT2D eigenvalue weighted by molar-refractivity contribution is 0.198. The molecule has 1 saturated heterocycles. The molecule has 0 aromatic carbocycles. The maximum absolute atomic E-state index is 9.49. The first-order valence-electron chi connectivity index (χ1n) is 6.01. The molecule has 92 valence electrons. The lowest BCUT2D eigenvalue weighted by Crippen LogP contribution is -2.22. The minimum Gasteiger partial charge on any atom is -0.391 e. The first kappa shape index (κ1) is 11.1. The van der Waals surface area contributed by atoms with Gasteiger partial charge in [0.15, 0.2) is 5.82 Å². The molecule has 0 bridgehead atoms. The van der Waals surface area contributed by atoms with Gasteiger partial charge in [-0.2, -0.15) is 0 Å². The summed E-state index contributed by atoms with van der Waals surface area (Å²) >= 11 is 0. The molecule has 2 aromatic rings. The highest BCUT2D eigenvalue weighted by Crippen LogP contribution is 2.19. The highest BCUT2D eigenvalue weighted by molar-refractivity contribution is 5.55. The quantitative estimate of drug-likeness (QED) is 0.854. The van der Waals surface area contributed by atoms with Gasteiger partial charge in [-0.25, -0.2) is 0 Å². The number of aromatic nitrogens is 3. The number of nitrogens with zero attached hydrogens (tertiary/aromatic N) is 4. The Morgan fingerprint density at radius 2 is 2.06 bits per heavy atom. The van der Waals surface area contributed by atoms with Crippen molar-refractivity contribution < 1.29 is 5.11 Å². The molecule has 0 amide bonds. The van der Waals surface area contributed by atoms with Crippen LogP contribution >= 0.6 is 0 Å². The van der Waals surface area contributed by atoms with Gasteiger partial charge in [0.2, 0.25) is 0 Å².